The topological polar surface area (TPSA) is 62.6 Å². The first kappa shape index (κ1) is 17.0. The van der Waals surface area contributed by atoms with Crippen molar-refractivity contribution in [3.63, 3.8) is 0 Å². The van der Waals surface area contributed by atoms with E-state index in [1.165, 1.54) is 6.08 Å². The van der Waals surface area contributed by atoms with Crippen LogP contribution in [0.15, 0.2) is 53.0 Å². The molecule has 1 fully saturated rings. The Hall–Kier alpha value is -2.82. The number of amides is 2. The molecule has 2 heterocycles. The Morgan fingerprint density at radius 2 is 2.00 bits per heavy atom. The number of piperidine rings is 1. The van der Waals surface area contributed by atoms with Crippen molar-refractivity contribution < 1.29 is 14.0 Å². The summed E-state index contributed by atoms with van der Waals surface area (Å²) >= 11 is 0. The molecule has 0 bridgehead atoms. The molecule has 0 radical (unpaired) electrons. The maximum absolute atomic E-state index is 12.5. The number of hydrogen-bond donors (Lipinski definition) is 1. The van der Waals surface area contributed by atoms with Gasteiger partial charge in [-0.3, -0.25) is 9.59 Å². The van der Waals surface area contributed by atoms with Crippen LogP contribution in [0.4, 0.5) is 0 Å². The van der Waals surface area contributed by atoms with Crippen molar-refractivity contribution in [2.75, 3.05) is 13.1 Å². The highest BCUT2D eigenvalue weighted by Gasteiger charge is 2.24. The summed E-state index contributed by atoms with van der Waals surface area (Å²) in [4.78, 5) is 26.4. The number of likely N-dealkylation sites (tertiary alicyclic amines) is 1. The van der Waals surface area contributed by atoms with Gasteiger partial charge in [-0.15, -0.1) is 0 Å². The molecule has 1 aromatic carbocycles. The van der Waals surface area contributed by atoms with E-state index < -0.39 is 0 Å². The molecule has 5 nitrogen and oxygen atoms in total. The lowest BCUT2D eigenvalue weighted by atomic mass is 10.0. The van der Waals surface area contributed by atoms with Crippen molar-refractivity contribution in [2.45, 2.75) is 25.8 Å². The van der Waals surface area contributed by atoms with Crippen molar-refractivity contribution in [3.8, 4) is 0 Å². The molecular weight excluding hydrogens is 316 g/mol. The summed E-state index contributed by atoms with van der Waals surface area (Å²) in [6.07, 6.45) is 4.87. The lowest BCUT2D eigenvalue weighted by Gasteiger charge is -2.33. The lowest BCUT2D eigenvalue weighted by Crippen LogP contribution is -2.49. The first-order valence-corrected chi connectivity index (χ1v) is 8.51. The lowest BCUT2D eigenvalue weighted by molar-refractivity contribution is -0.117. The van der Waals surface area contributed by atoms with E-state index in [0.717, 1.165) is 25.1 Å². The van der Waals surface area contributed by atoms with Gasteiger partial charge in [0.1, 0.15) is 11.5 Å². The van der Waals surface area contributed by atoms with Crippen molar-refractivity contribution in [1.29, 1.82) is 0 Å². The highest BCUT2D eigenvalue weighted by molar-refractivity contribution is 5.94. The molecule has 1 aromatic heterocycles. The molecule has 0 saturated carbocycles. The summed E-state index contributed by atoms with van der Waals surface area (Å²) in [6.45, 7) is 3.12. The van der Waals surface area contributed by atoms with Gasteiger partial charge in [0.15, 0.2) is 0 Å². The molecular formula is C20H22N2O3. The Morgan fingerprint density at radius 3 is 2.72 bits per heavy atom. The zero-order valence-electron chi connectivity index (χ0n) is 14.3. The summed E-state index contributed by atoms with van der Waals surface area (Å²) in [7, 11) is 0. The van der Waals surface area contributed by atoms with Gasteiger partial charge in [-0.05, 0) is 50.1 Å². The monoisotopic (exact) mass is 338 g/mol. The summed E-state index contributed by atoms with van der Waals surface area (Å²) < 4.78 is 5.40. The van der Waals surface area contributed by atoms with Gasteiger partial charge >= 0.3 is 0 Å². The first-order valence-electron chi connectivity index (χ1n) is 8.51. The molecule has 2 amide bonds. The van der Waals surface area contributed by atoms with Gasteiger partial charge < -0.3 is 14.6 Å². The second-order valence-corrected chi connectivity index (χ2v) is 6.25. The molecule has 1 atom stereocenters. The van der Waals surface area contributed by atoms with Crippen molar-refractivity contribution in [1.82, 2.24) is 10.2 Å². The molecule has 0 unspecified atom stereocenters. The van der Waals surface area contributed by atoms with E-state index in [-0.39, 0.29) is 17.9 Å². The number of benzene rings is 1. The smallest absolute Gasteiger partial charge is 0.253 e. The number of carbonyl (C=O) groups is 2. The average molecular weight is 338 g/mol. The van der Waals surface area contributed by atoms with Crippen LogP contribution in [0.5, 0.6) is 0 Å². The SMILES string of the molecule is Cc1ccc(/C=C/C(=O)N[C@@H]2CCCN(C(=O)c3ccccc3)C2)o1. The van der Waals surface area contributed by atoms with Crippen LogP contribution in [-0.2, 0) is 4.79 Å². The molecule has 130 valence electrons. The number of nitrogens with one attached hydrogen (secondary N) is 1. The second-order valence-electron chi connectivity index (χ2n) is 6.25. The van der Waals surface area contributed by atoms with Gasteiger partial charge in [-0.25, -0.2) is 0 Å². The number of hydrogen-bond acceptors (Lipinski definition) is 3. The van der Waals surface area contributed by atoms with Crippen LogP contribution in [0.1, 0.15) is 34.7 Å². The normalized spacial score (nSPS) is 17.6. The molecule has 3 rings (SSSR count). The van der Waals surface area contributed by atoms with E-state index >= 15 is 0 Å². The molecule has 0 spiro atoms. The third-order valence-electron chi connectivity index (χ3n) is 4.24. The molecule has 1 aliphatic heterocycles. The maximum atomic E-state index is 12.5. The quantitative estimate of drug-likeness (QED) is 0.872. The summed E-state index contributed by atoms with van der Waals surface area (Å²) in [6, 6.07) is 12.9. The number of aryl methyl sites for hydroxylation is 1. The fourth-order valence-corrected chi connectivity index (χ4v) is 2.99. The van der Waals surface area contributed by atoms with Crippen LogP contribution >= 0.6 is 0 Å². The van der Waals surface area contributed by atoms with Crippen LogP contribution in [-0.4, -0.2) is 35.8 Å². The minimum atomic E-state index is -0.173. The van der Waals surface area contributed by atoms with Gasteiger partial charge in [0, 0.05) is 30.8 Å². The standard InChI is InChI=1S/C20H22N2O3/c1-15-9-10-18(25-15)11-12-19(23)21-17-8-5-13-22(14-17)20(24)16-6-3-2-4-7-16/h2-4,6-7,9-12,17H,5,8,13-14H2,1H3,(H,21,23)/b12-11+/t17-/m1/s1. The van der Waals surface area contributed by atoms with Crippen LogP contribution in [0, 0.1) is 6.92 Å². The number of furan rings is 1. The zero-order valence-corrected chi connectivity index (χ0v) is 14.3. The average Bonchev–Trinajstić information content (AvgIpc) is 3.06. The fourth-order valence-electron chi connectivity index (χ4n) is 2.99. The predicted octanol–water partition coefficient (Wildman–Crippen LogP) is 3.02. The van der Waals surface area contributed by atoms with Gasteiger partial charge in [-0.2, -0.15) is 0 Å². The molecule has 1 saturated heterocycles. The first-order chi connectivity index (χ1) is 12.1. The van der Waals surface area contributed by atoms with Gasteiger partial charge in [0.05, 0.1) is 0 Å². The van der Waals surface area contributed by atoms with Crippen LogP contribution in [0.3, 0.4) is 0 Å². The fraction of sp³-hybridized carbons (Fsp3) is 0.300. The number of carbonyl (C=O) groups excluding carboxylic acids is 2. The number of nitrogens with zero attached hydrogens (tertiary/aromatic N) is 1. The Morgan fingerprint density at radius 1 is 1.20 bits per heavy atom. The van der Waals surface area contributed by atoms with Gasteiger partial charge in [0.2, 0.25) is 5.91 Å². The third kappa shape index (κ3) is 4.59. The van der Waals surface area contributed by atoms with E-state index in [0.29, 0.717) is 17.9 Å². The Kier molecular flexibility index (Phi) is 5.33. The van der Waals surface area contributed by atoms with Crippen LogP contribution in [0.2, 0.25) is 0 Å². The molecule has 1 N–H and O–H groups in total. The summed E-state index contributed by atoms with van der Waals surface area (Å²) in [5.41, 5.74) is 0.683. The van der Waals surface area contributed by atoms with Gasteiger partial charge in [0.25, 0.3) is 5.91 Å². The van der Waals surface area contributed by atoms with E-state index in [1.54, 1.807) is 6.08 Å². The summed E-state index contributed by atoms with van der Waals surface area (Å²) in [5, 5.41) is 2.97. The van der Waals surface area contributed by atoms with Crippen LogP contribution < -0.4 is 5.32 Å². The molecule has 2 aromatic rings. The third-order valence-corrected chi connectivity index (χ3v) is 4.24. The van der Waals surface area contributed by atoms with Crippen molar-refractivity contribution in [2.24, 2.45) is 0 Å². The molecule has 5 heteroatoms. The minimum absolute atomic E-state index is 0.0150. The predicted molar refractivity (Wildman–Crippen MR) is 96.0 cm³/mol. The van der Waals surface area contributed by atoms with E-state index in [2.05, 4.69) is 5.32 Å². The zero-order chi connectivity index (χ0) is 17.6. The Labute approximate surface area is 147 Å². The summed E-state index contributed by atoms with van der Waals surface area (Å²) in [5.74, 6) is 1.30. The van der Waals surface area contributed by atoms with E-state index in [1.807, 2.05) is 54.3 Å². The minimum Gasteiger partial charge on any atom is -0.462 e. The van der Waals surface area contributed by atoms with Crippen molar-refractivity contribution in [3.05, 3.63) is 65.6 Å². The van der Waals surface area contributed by atoms with Gasteiger partial charge in [-0.1, -0.05) is 18.2 Å². The molecule has 1 aliphatic rings. The molecule has 25 heavy (non-hydrogen) atoms. The number of rotatable bonds is 4. The molecule has 0 aliphatic carbocycles. The Bertz CT molecular complexity index is 764. The Balaban J connectivity index is 1.55. The van der Waals surface area contributed by atoms with Crippen LogP contribution in [0.25, 0.3) is 6.08 Å². The highest BCUT2D eigenvalue weighted by Crippen LogP contribution is 2.14. The van der Waals surface area contributed by atoms with E-state index in [4.69, 9.17) is 4.42 Å². The van der Waals surface area contributed by atoms with E-state index in [9.17, 15) is 9.59 Å². The maximum Gasteiger partial charge on any atom is 0.253 e. The van der Waals surface area contributed by atoms with Crippen molar-refractivity contribution >= 4 is 17.9 Å². The largest absolute Gasteiger partial charge is 0.462 e. The second kappa shape index (κ2) is 7.83. The highest BCUT2D eigenvalue weighted by atomic mass is 16.3.